The van der Waals surface area contributed by atoms with Crippen LogP contribution in [0.4, 0.5) is 5.82 Å². The number of aryl methyl sites for hydroxylation is 1. The summed E-state index contributed by atoms with van der Waals surface area (Å²) in [5.74, 6) is 1.85. The molecule has 1 amide bonds. The first-order chi connectivity index (χ1) is 14.2. The molecule has 0 atom stereocenters. The highest BCUT2D eigenvalue weighted by atomic mass is 32.1. The standard InChI is InChI=1S/C22H20N4OS2/c1-15-6-7-19(29-15)22(27)26-11-9-25(10-12-26)21-17-4-2-3-5-18(17)23-20(24-21)16-8-13-28-14-16/h2-8,13-14H,9-12H2,1H3. The molecule has 1 saturated heterocycles. The van der Waals surface area contributed by atoms with Crippen LogP contribution in [0.2, 0.25) is 0 Å². The smallest absolute Gasteiger partial charge is 0.264 e. The molecule has 1 aliphatic rings. The number of fused-ring (bicyclic) bond motifs is 1. The molecule has 7 heteroatoms. The third-order valence-corrected chi connectivity index (χ3v) is 6.85. The third-order valence-electron chi connectivity index (χ3n) is 5.18. The SMILES string of the molecule is Cc1ccc(C(=O)N2CCN(c3nc(-c4ccsc4)nc4ccccc34)CC2)s1. The van der Waals surface area contributed by atoms with Gasteiger partial charge in [-0.15, -0.1) is 11.3 Å². The molecule has 4 aromatic rings. The van der Waals surface area contributed by atoms with Crippen molar-refractivity contribution < 1.29 is 4.79 Å². The zero-order valence-corrected chi connectivity index (χ0v) is 17.7. The molecule has 5 rings (SSSR count). The minimum atomic E-state index is 0.134. The van der Waals surface area contributed by atoms with E-state index in [4.69, 9.17) is 9.97 Å². The van der Waals surface area contributed by atoms with Gasteiger partial charge in [-0.25, -0.2) is 9.97 Å². The van der Waals surface area contributed by atoms with Crippen LogP contribution in [0.3, 0.4) is 0 Å². The zero-order chi connectivity index (χ0) is 19.8. The first-order valence-electron chi connectivity index (χ1n) is 9.59. The van der Waals surface area contributed by atoms with E-state index >= 15 is 0 Å². The number of rotatable bonds is 3. The second-order valence-electron chi connectivity index (χ2n) is 7.09. The summed E-state index contributed by atoms with van der Waals surface area (Å²) in [7, 11) is 0. The molecule has 1 aromatic carbocycles. The Balaban J connectivity index is 1.42. The number of hydrogen-bond donors (Lipinski definition) is 0. The molecule has 0 spiro atoms. The molecule has 0 radical (unpaired) electrons. The van der Waals surface area contributed by atoms with Crippen molar-refractivity contribution in [1.82, 2.24) is 14.9 Å². The van der Waals surface area contributed by atoms with Gasteiger partial charge >= 0.3 is 0 Å². The summed E-state index contributed by atoms with van der Waals surface area (Å²) in [5, 5.41) is 5.18. The lowest BCUT2D eigenvalue weighted by atomic mass is 10.2. The second-order valence-corrected chi connectivity index (χ2v) is 9.16. The Hall–Kier alpha value is -2.77. The minimum absolute atomic E-state index is 0.134. The Kier molecular flexibility index (Phi) is 4.77. The third kappa shape index (κ3) is 3.52. The number of piperazine rings is 1. The van der Waals surface area contributed by atoms with Crippen molar-refractivity contribution in [2.45, 2.75) is 6.92 Å². The number of hydrogen-bond acceptors (Lipinski definition) is 6. The Morgan fingerprint density at radius 3 is 2.55 bits per heavy atom. The van der Waals surface area contributed by atoms with Crippen LogP contribution in [0.5, 0.6) is 0 Å². The molecule has 0 unspecified atom stereocenters. The van der Waals surface area contributed by atoms with Gasteiger partial charge in [0.05, 0.1) is 10.4 Å². The summed E-state index contributed by atoms with van der Waals surface area (Å²) >= 11 is 3.21. The monoisotopic (exact) mass is 420 g/mol. The summed E-state index contributed by atoms with van der Waals surface area (Å²) in [6.07, 6.45) is 0. The maximum Gasteiger partial charge on any atom is 0.264 e. The quantitative estimate of drug-likeness (QED) is 0.482. The van der Waals surface area contributed by atoms with E-state index < -0.39 is 0 Å². The summed E-state index contributed by atoms with van der Waals surface area (Å²) < 4.78 is 0. The molecular formula is C22H20N4OS2. The van der Waals surface area contributed by atoms with Gasteiger partial charge in [0, 0.05) is 47.4 Å². The molecule has 146 valence electrons. The van der Waals surface area contributed by atoms with Crippen LogP contribution < -0.4 is 4.90 Å². The minimum Gasteiger partial charge on any atom is -0.352 e. The lowest BCUT2D eigenvalue weighted by molar-refractivity contribution is 0.0751. The Morgan fingerprint density at radius 2 is 1.83 bits per heavy atom. The van der Waals surface area contributed by atoms with Gasteiger partial charge < -0.3 is 9.80 Å². The second kappa shape index (κ2) is 7.57. The lowest BCUT2D eigenvalue weighted by Gasteiger charge is -2.35. The van der Waals surface area contributed by atoms with Crippen molar-refractivity contribution in [3.05, 3.63) is 63.0 Å². The summed E-state index contributed by atoms with van der Waals surface area (Å²) in [5.41, 5.74) is 2.00. The Morgan fingerprint density at radius 1 is 1.00 bits per heavy atom. The fourth-order valence-corrected chi connectivity index (χ4v) is 5.12. The van der Waals surface area contributed by atoms with Gasteiger partial charge in [-0.3, -0.25) is 4.79 Å². The topological polar surface area (TPSA) is 49.3 Å². The summed E-state index contributed by atoms with van der Waals surface area (Å²) in [6.45, 7) is 4.95. The molecule has 1 fully saturated rings. The van der Waals surface area contributed by atoms with E-state index in [1.165, 1.54) is 4.88 Å². The fourth-order valence-electron chi connectivity index (χ4n) is 3.65. The number of nitrogens with zero attached hydrogens (tertiary/aromatic N) is 4. The summed E-state index contributed by atoms with van der Waals surface area (Å²) in [6, 6.07) is 14.1. The van der Waals surface area contributed by atoms with E-state index in [0.29, 0.717) is 13.1 Å². The van der Waals surface area contributed by atoms with Crippen LogP contribution >= 0.6 is 22.7 Å². The average molecular weight is 421 g/mol. The molecule has 0 bridgehead atoms. The molecule has 5 nitrogen and oxygen atoms in total. The van der Waals surface area contributed by atoms with Crippen molar-refractivity contribution in [2.75, 3.05) is 31.1 Å². The summed E-state index contributed by atoms with van der Waals surface area (Å²) in [4.78, 5) is 28.7. The van der Waals surface area contributed by atoms with Crippen molar-refractivity contribution in [3.8, 4) is 11.4 Å². The molecular weight excluding hydrogens is 400 g/mol. The first-order valence-corrected chi connectivity index (χ1v) is 11.3. The van der Waals surface area contributed by atoms with Gasteiger partial charge in [-0.1, -0.05) is 12.1 Å². The van der Waals surface area contributed by atoms with Gasteiger partial charge in [0.1, 0.15) is 5.82 Å². The van der Waals surface area contributed by atoms with E-state index in [2.05, 4.69) is 22.4 Å². The van der Waals surface area contributed by atoms with Crippen molar-refractivity contribution in [2.24, 2.45) is 0 Å². The van der Waals surface area contributed by atoms with E-state index in [1.807, 2.05) is 47.5 Å². The Bertz CT molecular complexity index is 1160. The van der Waals surface area contributed by atoms with Crippen LogP contribution in [-0.2, 0) is 0 Å². The van der Waals surface area contributed by atoms with Crippen LogP contribution in [-0.4, -0.2) is 47.0 Å². The zero-order valence-electron chi connectivity index (χ0n) is 16.0. The van der Waals surface area contributed by atoms with E-state index in [0.717, 1.165) is 46.1 Å². The molecule has 3 aromatic heterocycles. The molecule has 1 aliphatic heterocycles. The number of thiophene rings is 2. The highest BCUT2D eigenvalue weighted by Gasteiger charge is 2.25. The maximum atomic E-state index is 12.8. The van der Waals surface area contributed by atoms with Gasteiger partial charge in [0.15, 0.2) is 5.82 Å². The number of carbonyl (C=O) groups is 1. The average Bonchev–Trinajstić information content (AvgIpc) is 3.45. The molecule has 0 N–H and O–H groups in total. The van der Waals surface area contributed by atoms with E-state index in [9.17, 15) is 4.79 Å². The van der Waals surface area contributed by atoms with E-state index in [1.54, 1.807) is 22.7 Å². The van der Waals surface area contributed by atoms with E-state index in [-0.39, 0.29) is 5.91 Å². The number of para-hydroxylation sites is 1. The van der Waals surface area contributed by atoms with Crippen LogP contribution in [0.1, 0.15) is 14.5 Å². The van der Waals surface area contributed by atoms with Gasteiger partial charge in [0.25, 0.3) is 5.91 Å². The predicted molar refractivity (Wildman–Crippen MR) is 120 cm³/mol. The number of carbonyl (C=O) groups excluding carboxylic acids is 1. The maximum absolute atomic E-state index is 12.8. The Labute approximate surface area is 177 Å². The fraction of sp³-hybridized carbons (Fsp3) is 0.227. The van der Waals surface area contributed by atoms with Crippen LogP contribution in [0, 0.1) is 6.92 Å². The highest BCUT2D eigenvalue weighted by Crippen LogP contribution is 2.29. The number of amides is 1. The number of anilines is 1. The van der Waals surface area contributed by atoms with Gasteiger partial charge in [-0.05, 0) is 42.6 Å². The van der Waals surface area contributed by atoms with Crippen molar-refractivity contribution in [1.29, 1.82) is 0 Å². The molecule has 4 heterocycles. The molecule has 0 aliphatic carbocycles. The van der Waals surface area contributed by atoms with Gasteiger partial charge in [0.2, 0.25) is 0 Å². The number of aromatic nitrogens is 2. The molecule has 29 heavy (non-hydrogen) atoms. The van der Waals surface area contributed by atoms with Crippen molar-refractivity contribution >= 4 is 45.3 Å². The lowest BCUT2D eigenvalue weighted by Crippen LogP contribution is -2.49. The van der Waals surface area contributed by atoms with Crippen LogP contribution in [0.15, 0.2) is 53.2 Å². The highest BCUT2D eigenvalue weighted by molar-refractivity contribution is 7.13. The largest absolute Gasteiger partial charge is 0.352 e. The number of benzene rings is 1. The molecule has 0 saturated carbocycles. The van der Waals surface area contributed by atoms with Crippen molar-refractivity contribution in [3.63, 3.8) is 0 Å². The van der Waals surface area contributed by atoms with Gasteiger partial charge in [-0.2, -0.15) is 11.3 Å². The normalized spacial score (nSPS) is 14.5. The predicted octanol–water partition coefficient (Wildman–Crippen LogP) is 4.69. The van der Waals surface area contributed by atoms with Crippen LogP contribution in [0.25, 0.3) is 22.3 Å². The first kappa shape index (κ1) is 18.3.